The largest absolute Gasteiger partial charge is 0.298 e. The van der Waals surface area contributed by atoms with Gasteiger partial charge < -0.3 is 0 Å². The predicted octanol–water partition coefficient (Wildman–Crippen LogP) is 6.44. The Morgan fingerprint density at radius 2 is 1.70 bits per heavy atom. The van der Waals surface area contributed by atoms with Crippen molar-refractivity contribution in [1.29, 1.82) is 0 Å². The van der Waals surface area contributed by atoms with Crippen molar-refractivity contribution in [2.45, 2.75) is 66.7 Å². The average molecular weight is 410 g/mol. The third-order valence-electron chi connectivity index (χ3n) is 5.19. The van der Waals surface area contributed by atoms with Crippen LogP contribution >= 0.6 is 0 Å². The fourth-order valence-corrected chi connectivity index (χ4v) is 4.07. The van der Waals surface area contributed by atoms with Gasteiger partial charge in [0.1, 0.15) is 23.2 Å². The zero-order valence-electron chi connectivity index (χ0n) is 18.9. The summed E-state index contributed by atoms with van der Waals surface area (Å²) in [6.07, 6.45) is 3.70. The standard InChI is InChI=1S/C23H24FNO2.C3H8/c1-12(2)6-17-10-19(26)21(23(17)27)20-14(4)8-16(9-15(20)5)22-18(24)7-13(3)11-25-22;1-3-2/h7-9,11,17,21H,1,6,10H2,2-5H3;3H2,1-2H3. The van der Waals surface area contributed by atoms with Crippen LogP contribution in [-0.2, 0) is 9.59 Å². The van der Waals surface area contributed by atoms with Crippen LogP contribution in [0.15, 0.2) is 36.5 Å². The van der Waals surface area contributed by atoms with Gasteiger partial charge in [-0.05, 0) is 74.6 Å². The van der Waals surface area contributed by atoms with Crippen molar-refractivity contribution in [1.82, 2.24) is 4.98 Å². The number of aromatic nitrogens is 1. The normalized spacial score (nSPS) is 18.2. The number of ketones is 2. The van der Waals surface area contributed by atoms with Gasteiger partial charge in [0.15, 0.2) is 5.78 Å². The van der Waals surface area contributed by atoms with Gasteiger partial charge in [-0.1, -0.05) is 25.8 Å². The summed E-state index contributed by atoms with van der Waals surface area (Å²) in [7, 11) is 0. The van der Waals surface area contributed by atoms with E-state index in [2.05, 4.69) is 25.4 Å². The van der Waals surface area contributed by atoms with Crippen molar-refractivity contribution in [2.75, 3.05) is 0 Å². The molecular weight excluding hydrogens is 377 g/mol. The minimum atomic E-state index is -0.723. The van der Waals surface area contributed by atoms with Gasteiger partial charge in [-0.2, -0.15) is 0 Å². The van der Waals surface area contributed by atoms with Crippen LogP contribution in [0.25, 0.3) is 11.3 Å². The molecule has 160 valence electrons. The van der Waals surface area contributed by atoms with E-state index in [9.17, 15) is 14.0 Å². The second kappa shape index (κ2) is 9.92. The molecule has 0 radical (unpaired) electrons. The van der Waals surface area contributed by atoms with Crippen molar-refractivity contribution >= 4 is 11.6 Å². The second-order valence-electron chi connectivity index (χ2n) is 8.44. The first-order valence-electron chi connectivity index (χ1n) is 10.5. The minimum absolute atomic E-state index is 0.0263. The number of halogens is 1. The van der Waals surface area contributed by atoms with E-state index in [1.807, 2.05) is 32.9 Å². The molecule has 0 saturated heterocycles. The van der Waals surface area contributed by atoms with Crippen molar-refractivity contribution in [3.05, 3.63) is 64.6 Å². The van der Waals surface area contributed by atoms with Crippen LogP contribution in [0.3, 0.4) is 0 Å². The third kappa shape index (κ3) is 5.10. The second-order valence-corrected chi connectivity index (χ2v) is 8.44. The molecule has 1 fully saturated rings. The molecule has 0 aliphatic heterocycles. The van der Waals surface area contributed by atoms with Crippen molar-refractivity contribution < 1.29 is 14.0 Å². The Labute approximate surface area is 179 Å². The lowest BCUT2D eigenvalue weighted by Gasteiger charge is -2.17. The Morgan fingerprint density at radius 1 is 1.13 bits per heavy atom. The number of carbonyl (C=O) groups excluding carboxylic acids is 2. The molecule has 3 nitrogen and oxygen atoms in total. The van der Waals surface area contributed by atoms with Gasteiger partial charge in [0.2, 0.25) is 0 Å². The van der Waals surface area contributed by atoms with Gasteiger partial charge in [-0.15, -0.1) is 6.58 Å². The number of benzene rings is 1. The molecule has 0 amide bonds. The maximum atomic E-state index is 14.3. The Hall–Kier alpha value is -2.62. The SMILES string of the molecule is C=C(C)CC1CC(=O)C(c2c(C)cc(-c3ncc(C)cc3F)cc2C)C1=O.CCC. The van der Waals surface area contributed by atoms with Crippen LogP contribution in [-0.4, -0.2) is 16.6 Å². The molecule has 0 N–H and O–H groups in total. The van der Waals surface area contributed by atoms with E-state index in [-0.39, 0.29) is 35.4 Å². The molecule has 1 heterocycles. The number of hydrogen-bond donors (Lipinski definition) is 0. The Balaban J connectivity index is 0.00000101. The minimum Gasteiger partial charge on any atom is -0.298 e. The van der Waals surface area contributed by atoms with E-state index in [1.54, 1.807) is 13.1 Å². The molecule has 30 heavy (non-hydrogen) atoms. The van der Waals surface area contributed by atoms with Gasteiger partial charge in [0, 0.05) is 24.1 Å². The summed E-state index contributed by atoms with van der Waals surface area (Å²) in [4.78, 5) is 29.7. The first-order valence-corrected chi connectivity index (χ1v) is 10.5. The van der Waals surface area contributed by atoms with Crippen LogP contribution in [0.2, 0.25) is 0 Å². The number of aryl methyl sites for hydroxylation is 3. The summed E-state index contributed by atoms with van der Waals surface area (Å²) < 4.78 is 14.3. The number of hydrogen-bond acceptors (Lipinski definition) is 3. The van der Waals surface area contributed by atoms with E-state index in [0.717, 1.165) is 27.8 Å². The molecule has 2 atom stereocenters. The monoisotopic (exact) mass is 409 g/mol. The topological polar surface area (TPSA) is 47.0 Å². The lowest BCUT2D eigenvalue weighted by atomic mass is 9.85. The van der Waals surface area contributed by atoms with E-state index >= 15 is 0 Å². The zero-order valence-corrected chi connectivity index (χ0v) is 18.9. The van der Waals surface area contributed by atoms with E-state index in [1.165, 1.54) is 12.5 Å². The van der Waals surface area contributed by atoms with Gasteiger partial charge >= 0.3 is 0 Å². The predicted molar refractivity (Wildman–Crippen MR) is 120 cm³/mol. The highest BCUT2D eigenvalue weighted by molar-refractivity contribution is 6.15. The molecule has 2 aromatic rings. The fraction of sp³-hybridized carbons (Fsp3) is 0.423. The van der Waals surface area contributed by atoms with E-state index < -0.39 is 5.92 Å². The number of rotatable bonds is 4. The van der Waals surface area contributed by atoms with Crippen LogP contribution in [0.5, 0.6) is 0 Å². The molecule has 1 aromatic heterocycles. The van der Waals surface area contributed by atoms with Crippen LogP contribution in [0.4, 0.5) is 4.39 Å². The Bertz CT molecular complexity index is 954. The molecule has 0 bridgehead atoms. The maximum absolute atomic E-state index is 14.3. The summed E-state index contributed by atoms with van der Waals surface area (Å²) in [5, 5.41) is 0. The van der Waals surface area contributed by atoms with Crippen molar-refractivity contribution in [2.24, 2.45) is 5.92 Å². The summed E-state index contributed by atoms with van der Waals surface area (Å²) in [5.74, 6) is -1.45. The highest BCUT2D eigenvalue weighted by Crippen LogP contribution is 2.39. The first kappa shape index (κ1) is 23.7. The van der Waals surface area contributed by atoms with Crippen molar-refractivity contribution in [3.63, 3.8) is 0 Å². The number of pyridine rings is 1. The summed E-state index contributed by atoms with van der Waals surface area (Å²) >= 11 is 0. The van der Waals surface area contributed by atoms with Crippen molar-refractivity contribution in [3.8, 4) is 11.3 Å². The van der Waals surface area contributed by atoms with Gasteiger partial charge in [-0.25, -0.2) is 4.39 Å². The molecule has 4 heteroatoms. The molecule has 3 rings (SSSR count). The van der Waals surface area contributed by atoms with Gasteiger partial charge in [0.25, 0.3) is 0 Å². The smallest absolute Gasteiger partial charge is 0.151 e. The molecule has 2 unspecified atom stereocenters. The summed E-state index contributed by atoms with van der Waals surface area (Å²) in [6.45, 7) is 15.5. The van der Waals surface area contributed by atoms with E-state index in [0.29, 0.717) is 12.0 Å². The summed E-state index contributed by atoms with van der Waals surface area (Å²) in [5.41, 5.74) is 4.98. The van der Waals surface area contributed by atoms with Crippen LogP contribution in [0, 0.1) is 32.5 Å². The highest BCUT2D eigenvalue weighted by Gasteiger charge is 2.42. The summed E-state index contributed by atoms with van der Waals surface area (Å²) in [6, 6.07) is 5.08. The van der Waals surface area contributed by atoms with E-state index in [4.69, 9.17) is 0 Å². The lowest BCUT2D eigenvalue weighted by molar-refractivity contribution is -0.124. The van der Waals surface area contributed by atoms with Crippen LogP contribution in [0.1, 0.15) is 68.2 Å². The number of carbonyl (C=O) groups is 2. The Morgan fingerprint density at radius 3 is 2.20 bits per heavy atom. The third-order valence-corrected chi connectivity index (χ3v) is 5.19. The molecular formula is C26H32FNO2. The number of Topliss-reactive ketones (excluding diaryl/α,β-unsaturated/α-hetero) is 2. The molecule has 1 aliphatic rings. The van der Waals surface area contributed by atoms with Gasteiger partial charge in [0.05, 0.1) is 0 Å². The highest BCUT2D eigenvalue weighted by atomic mass is 19.1. The maximum Gasteiger partial charge on any atom is 0.151 e. The van der Waals surface area contributed by atoms with Gasteiger partial charge in [-0.3, -0.25) is 14.6 Å². The molecule has 1 saturated carbocycles. The molecule has 0 spiro atoms. The Kier molecular flexibility index (Phi) is 7.83. The molecule has 1 aliphatic carbocycles. The lowest BCUT2D eigenvalue weighted by Crippen LogP contribution is -2.18. The number of allylic oxidation sites excluding steroid dienone is 1. The van der Waals surface area contributed by atoms with Crippen LogP contribution < -0.4 is 0 Å². The number of nitrogens with zero attached hydrogens (tertiary/aromatic N) is 1. The zero-order chi connectivity index (χ0) is 22.6. The fourth-order valence-electron chi connectivity index (χ4n) is 4.07. The molecule has 1 aromatic carbocycles. The first-order chi connectivity index (χ1) is 14.1. The average Bonchev–Trinajstić information content (AvgIpc) is 2.89. The quantitative estimate of drug-likeness (QED) is 0.431.